The molecule has 3 N–H and O–H groups in total. The number of aliphatic hydroxyl groups excluding tert-OH is 1. The number of carbonyl (C=O) groups excluding carboxylic acids is 2. The first-order valence-corrected chi connectivity index (χ1v) is 6.71. The number of nitrogens with one attached hydrogen (secondary N) is 2. The molecule has 2 rings (SSSR count). The summed E-state index contributed by atoms with van der Waals surface area (Å²) in [5.74, 6) is -0.102. The van der Waals surface area contributed by atoms with Crippen molar-refractivity contribution in [2.75, 3.05) is 39.4 Å². The van der Waals surface area contributed by atoms with Gasteiger partial charge in [-0.05, 0) is 6.42 Å². The summed E-state index contributed by atoms with van der Waals surface area (Å²) in [7, 11) is 0. The van der Waals surface area contributed by atoms with Crippen molar-refractivity contribution in [2.45, 2.75) is 25.0 Å². The number of amides is 2. The van der Waals surface area contributed by atoms with Crippen LogP contribution < -0.4 is 10.6 Å². The SMILES string of the molecule is O=C(NCCC(=O)N1CCOCC1)C1CC(O)CN1. The maximum atomic E-state index is 11.8. The van der Waals surface area contributed by atoms with Gasteiger partial charge in [-0.1, -0.05) is 0 Å². The molecule has 7 nitrogen and oxygen atoms in total. The Kier molecular flexibility index (Phi) is 5.12. The molecule has 0 aromatic rings. The van der Waals surface area contributed by atoms with E-state index in [9.17, 15) is 14.7 Å². The molecule has 0 spiro atoms. The van der Waals surface area contributed by atoms with Crippen LogP contribution in [0.15, 0.2) is 0 Å². The first-order valence-electron chi connectivity index (χ1n) is 6.71. The Morgan fingerprint density at radius 3 is 2.74 bits per heavy atom. The summed E-state index contributed by atoms with van der Waals surface area (Å²) in [5.41, 5.74) is 0. The summed E-state index contributed by atoms with van der Waals surface area (Å²) in [6, 6.07) is -0.339. The number of hydrogen-bond donors (Lipinski definition) is 3. The van der Waals surface area contributed by atoms with Gasteiger partial charge in [0.2, 0.25) is 11.8 Å². The van der Waals surface area contributed by atoms with E-state index in [1.54, 1.807) is 4.90 Å². The Morgan fingerprint density at radius 2 is 2.11 bits per heavy atom. The fraction of sp³-hybridized carbons (Fsp3) is 0.833. The summed E-state index contributed by atoms with van der Waals surface area (Å²) >= 11 is 0. The van der Waals surface area contributed by atoms with Crippen molar-refractivity contribution >= 4 is 11.8 Å². The van der Waals surface area contributed by atoms with Gasteiger partial charge in [0.05, 0.1) is 25.4 Å². The highest BCUT2D eigenvalue weighted by Crippen LogP contribution is 2.06. The highest BCUT2D eigenvalue weighted by molar-refractivity contribution is 5.83. The number of β-amino-alcohol motifs (C(OH)–C–C–N with tert-alkyl or cyclic N) is 1. The summed E-state index contributed by atoms with van der Waals surface area (Å²) in [6.45, 7) is 3.21. The van der Waals surface area contributed by atoms with E-state index in [0.29, 0.717) is 52.2 Å². The lowest BCUT2D eigenvalue weighted by Crippen LogP contribution is -2.44. The molecule has 0 aliphatic carbocycles. The Labute approximate surface area is 112 Å². The third-order valence-electron chi connectivity index (χ3n) is 3.43. The Hall–Kier alpha value is -1.18. The van der Waals surface area contributed by atoms with Crippen molar-refractivity contribution in [3.8, 4) is 0 Å². The van der Waals surface area contributed by atoms with Crippen molar-refractivity contribution in [2.24, 2.45) is 0 Å². The zero-order valence-electron chi connectivity index (χ0n) is 10.9. The Bertz CT molecular complexity index is 314. The van der Waals surface area contributed by atoms with Crippen LogP contribution in [0.4, 0.5) is 0 Å². The average molecular weight is 271 g/mol. The van der Waals surface area contributed by atoms with Crippen LogP contribution in [0.5, 0.6) is 0 Å². The molecule has 0 radical (unpaired) electrons. The molecule has 0 bridgehead atoms. The largest absolute Gasteiger partial charge is 0.392 e. The lowest BCUT2D eigenvalue weighted by molar-refractivity contribution is -0.135. The molecule has 0 aromatic carbocycles. The molecule has 19 heavy (non-hydrogen) atoms. The molecule has 0 aromatic heterocycles. The van der Waals surface area contributed by atoms with Crippen LogP contribution in [0.2, 0.25) is 0 Å². The second-order valence-electron chi connectivity index (χ2n) is 4.88. The van der Waals surface area contributed by atoms with Gasteiger partial charge >= 0.3 is 0 Å². The minimum atomic E-state index is -0.453. The molecule has 2 saturated heterocycles. The zero-order chi connectivity index (χ0) is 13.7. The number of nitrogens with zero attached hydrogens (tertiary/aromatic N) is 1. The van der Waals surface area contributed by atoms with Gasteiger partial charge in [0.1, 0.15) is 0 Å². The third kappa shape index (κ3) is 4.15. The van der Waals surface area contributed by atoms with E-state index in [2.05, 4.69) is 10.6 Å². The Balaban J connectivity index is 1.62. The number of carbonyl (C=O) groups is 2. The van der Waals surface area contributed by atoms with E-state index in [4.69, 9.17) is 4.74 Å². The fourth-order valence-corrected chi connectivity index (χ4v) is 2.30. The summed E-state index contributed by atoms with van der Waals surface area (Å²) in [5, 5.41) is 15.0. The number of aliphatic hydroxyl groups is 1. The minimum Gasteiger partial charge on any atom is -0.392 e. The molecule has 2 aliphatic heterocycles. The van der Waals surface area contributed by atoms with E-state index in [1.165, 1.54) is 0 Å². The summed E-state index contributed by atoms with van der Waals surface area (Å²) < 4.78 is 5.17. The number of morpholine rings is 1. The predicted octanol–water partition coefficient (Wildman–Crippen LogP) is -1.93. The van der Waals surface area contributed by atoms with E-state index in [0.717, 1.165) is 0 Å². The van der Waals surface area contributed by atoms with Crippen LogP contribution in [0, 0.1) is 0 Å². The highest BCUT2D eigenvalue weighted by atomic mass is 16.5. The molecule has 2 unspecified atom stereocenters. The normalized spacial score (nSPS) is 27.3. The van der Waals surface area contributed by atoms with Gasteiger partial charge in [-0.25, -0.2) is 0 Å². The number of hydrogen-bond acceptors (Lipinski definition) is 5. The fourth-order valence-electron chi connectivity index (χ4n) is 2.30. The number of rotatable bonds is 4. The molecule has 108 valence electrons. The van der Waals surface area contributed by atoms with E-state index < -0.39 is 6.10 Å². The van der Waals surface area contributed by atoms with Gasteiger partial charge in [-0.15, -0.1) is 0 Å². The van der Waals surface area contributed by atoms with E-state index in [1.807, 2.05) is 0 Å². The monoisotopic (exact) mass is 271 g/mol. The summed E-state index contributed by atoms with van der Waals surface area (Å²) in [6.07, 6.45) is 0.287. The van der Waals surface area contributed by atoms with Crippen molar-refractivity contribution in [3.05, 3.63) is 0 Å². The van der Waals surface area contributed by atoms with Crippen molar-refractivity contribution < 1.29 is 19.4 Å². The van der Waals surface area contributed by atoms with Crippen LogP contribution in [0.1, 0.15) is 12.8 Å². The number of ether oxygens (including phenoxy) is 1. The lowest BCUT2D eigenvalue weighted by Gasteiger charge is -2.26. The van der Waals surface area contributed by atoms with Crippen LogP contribution in [-0.2, 0) is 14.3 Å². The second-order valence-corrected chi connectivity index (χ2v) is 4.88. The average Bonchev–Trinajstić information content (AvgIpc) is 2.86. The predicted molar refractivity (Wildman–Crippen MR) is 67.4 cm³/mol. The maximum absolute atomic E-state index is 11.8. The van der Waals surface area contributed by atoms with E-state index in [-0.39, 0.29) is 17.9 Å². The zero-order valence-corrected chi connectivity index (χ0v) is 10.9. The van der Waals surface area contributed by atoms with Gasteiger partial charge in [-0.3, -0.25) is 9.59 Å². The first kappa shape index (κ1) is 14.2. The van der Waals surface area contributed by atoms with E-state index >= 15 is 0 Å². The highest BCUT2D eigenvalue weighted by Gasteiger charge is 2.27. The van der Waals surface area contributed by atoms with Crippen LogP contribution in [0.3, 0.4) is 0 Å². The van der Waals surface area contributed by atoms with Crippen LogP contribution in [-0.4, -0.2) is 73.4 Å². The molecule has 2 fully saturated rings. The van der Waals surface area contributed by atoms with Crippen molar-refractivity contribution in [1.82, 2.24) is 15.5 Å². The third-order valence-corrected chi connectivity index (χ3v) is 3.43. The topological polar surface area (TPSA) is 90.9 Å². The minimum absolute atomic E-state index is 0.0445. The van der Waals surface area contributed by atoms with Gasteiger partial charge in [0, 0.05) is 32.6 Å². The quantitative estimate of drug-likeness (QED) is 0.554. The van der Waals surface area contributed by atoms with Gasteiger partial charge < -0.3 is 25.4 Å². The summed E-state index contributed by atoms with van der Waals surface area (Å²) in [4.78, 5) is 25.3. The molecule has 2 amide bonds. The second kappa shape index (κ2) is 6.83. The molecule has 2 atom stereocenters. The van der Waals surface area contributed by atoms with Crippen LogP contribution in [0.25, 0.3) is 0 Å². The van der Waals surface area contributed by atoms with Crippen LogP contribution >= 0.6 is 0 Å². The van der Waals surface area contributed by atoms with Gasteiger partial charge in [0.25, 0.3) is 0 Å². The van der Waals surface area contributed by atoms with Crippen molar-refractivity contribution in [3.63, 3.8) is 0 Å². The Morgan fingerprint density at radius 1 is 1.37 bits per heavy atom. The molecular formula is C12H21N3O4. The van der Waals surface area contributed by atoms with Crippen molar-refractivity contribution in [1.29, 1.82) is 0 Å². The molecule has 0 saturated carbocycles. The molecular weight excluding hydrogens is 250 g/mol. The molecule has 2 heterocycles. The van der Waals surface area contributed by atoms with Gasteiger partial charge in [0.15, 0.2) is 0 Å². The van der Waals surface area contributed by atoms with Gasteiger partial charge in [-0.2, -0.15) is 0 Å². The molecule has 7 heteroatoms. The first-order chi connectivity index (χ1) is 9.16. The molecule has 2 aliphatic rings. The smallest absolute Gasteiger partial charge is 0.237 e. The maximum Gasteiger partial charge on any atom is 0.237 e. The lowest BCUT2D eigenvalue weighted by atomic mass is 10.2. The standard InChI is InChI=1S/C12H21N3O4/c16-9-7-10(14-8-9)12(18)13-2-1-11(17)15-3-5-19-6-4-15/h9-10,14,16H,1-8H2,(H,13,18).